The fourth-order valence-corrected chi connectivity index (χ4v) is 7.86. The number of para-hydroxylation sites is 2. The lowest BCUT2D eigenvalue weighted by molar-refractivity contribution is 0.668. The summed E-state index contributed by atoms with van der Waals surface area (Å²) in [6.07, 6.45) is 5.24. The van der Waals surface area contributed by atoms with Crippen molar-refractivity contribution in [2.24, 2.45) is 0 Å². The molecule has 3 aromatic heterocycles. The van der Waals surface area contributed by atoms with E-state index in [1.165, 1.54) is 16.5 Å². The third kappa shape index (κ3) is 4.60. The molecular weight excluding hydrogens is 639 g/mol. The summed E-state index contributed by atoms with van der Waals surface area (Å²) < 4.78 is 13.0. The van der Waals surface area contributed by atoms with Crippen molar-refractivity contribution >= 4 is 60.7 Å². The lowest BCUT2D eigenvalue weighted by atomic mass is 9.89. The van der Waals surface area contributed by atoms with Gasteiger partial charge in [-0.25, -0.2) is 15.0 Å². The zero-order chi connectivity index (χ0) is 34.2. The predicted molar refractivity (Wildman–Crippen MR) is 210 cm³/mol. The fraction of sp³-hybridized carbons (Fsp3) is 0.0426. The van der Waals surface area contributed by atoms with Crippen LogP contribution in [0.5, 0.6) is 0 Å². The first-order chi connectivity index (χ1) is 25.7. The molecule has 0 amide bonds. The van der Waals surface area contributed by atoms with E-state index >= 15 is 0 Å². The molecule has 1 aliphatic rings. The minimum absolute atomic E-state index is 0.00208. The molecule has 1 aliphatic carbocycles. The Labute approximate surface area is 298 Å². The first-order valence-electron chi connectivity index (χ1n) is 17.6. The third-order valence-electron chi connectivity index (χ3n) is 10.5. The van der Waals surface area contributed by atoms with Crippen LogP contribution in [0, 0.1) is 0 Å². The molecule has 11 rings (SSSR count). The SMILES string of the molecule is C1=CC(c2nc(-c3ccc4ccccc4c3)nc(-c3ccc(-c4ccc5c(c4)oc4ccccc45)c4oc5ccccc5c34)n2)Cc2ccccc21. The number of rotatable bonds is 4. The summed E-state index contributed by atoms with van der Waals surface area (Å²) >= 11 is 0. The van der Waals surface area contributed by atoms with E-state index in [1.54, 1.807) is 0 Å². The Bertz CT molecular complexity index is 3080. The van der Waals surface area contributed by atoms with Gasteiger partial charge in [-0.1, -0.05) is 115 Å². The number of benzene rings is 7. The van der Waals surface area contributed by atoms with Crippen LogP contribution in [-0.2, 0) is 6.42 Å². The maximum Gasteiger partial charge on any atom is 0.164 e. The highest BCUT2D eigenvalue weighted by atomic mass is 16.3. The molecule has 3 heterocycles. The van der Waals surface area contributed by atoms with Crippen molar-refractivity contribution in [1.82, 2.24) is 15.0 Å². The normalized spacial score (nSPS) is 14.2. The first kappa shape index (κ1) is 28.9. The molecule has 7 aromatic carbocycles. The summed E-state index contributed by atoms with van der Waals surface area (Å²) in [5.41, 5.74) is 9.70. The van der Waals surface area contributed by atoms with Crippen LogP contribution < -0.4 is 0 Å². The molecule has 0 fully saturated rings. The maximum atomic E-state index is 6.71. The van der Waals surface area contributed by atoms with E-state index in [-0.39, 0.29) is 5.92 Å². The molecule has 1 unspecified atom stereocenters. The van der Waals surface area contributed by atoms with E-state index < -0.39 is 0 Å². The number of hydrogen-bond donors (Lipinski definition) is 0. The van der Waals surface area contributed by atoms with E-state index in [9.17, 15) is 0 Å². The molecule has 244 valence electrons. The van der Waals surface area contributed by atoms with E-state index in [1.807, 2.05) is 30.3 Å². The second-order valence-corrected chi connectivity index (χ2v) is 13.5. The van der Waals surface area contributed by atoms with Gasteiger partial charge in [0.1, 0.15) is 28.2 Å². The average Bonchev–Trinajstić information content (AvgIpc) is 3.78. The van der Waals surface area contributed by atoms with E-state index in [2.05, 4.69) is 127 Å². The molecular formula is C47H29N3O2. The van der Waals surface area contributed by atoms with Gasteiger partial charge in [0.05, 0.1) is 0 Å². The number of furan rings is 2. The molecule has 0 spiro atoms. The van der Waals surface area contributed by atoms with Crippen molar-refractivity contribution in [3.05, 3.63) is 169 Å². The number of fused-ring (bicyclic) bond motifs is 8. The zero-order valence-electron chi connectivity index (χ0n) is 28.0. The number of nitrogens with zero attached hydrogens (tertiary/aromatic N) is 3. The second-order valence-electron chi connectivity index (χ2n) is 13.5. The summed E-state index contributed by atoms with van der Waals surface area (Å²) in [6, 6.07) is 50.4. The van der Waals surface area contributed by atoms with Crippen molar-refractivity contribution in [3.8, 4) is 33.9 Å². The Hall–Kier alpha value is -6.85. The van der Waals surface area contributed by atoms with Gasteiger partial charge in [-0.2, -0.15) is 0 Å². The van der Waals surface area contributed by atoms with E-state index in [0.29, 0.717) is 11.6 Å². The molecule has 0 radical (unpaired) electrons. The third-order valence-corrected chi connectivity index (χ3v) is 10.5. The Kier molecular flexibility index (Phi) is 6.31. The van der Waals surface area contributed by atoms with Crippen LogP contribution in [0.15, 0.2) is 161 Å². The zero-order valence-corrected chi connectivity index (χ0v) is 28.0. The van der Waals surface area contributed by atoms with Crippen LogP contribution in [-0.4, -0.2) is 15.0 Å². The Morgan fingerprint density at radius 1 is 0.500 bits per heavy atom. The van der Waals surface area contributed by atoms with Gasteiger partial charge in [0.2, 0.25) is 0 Å². The van der Waals surface area contributed by atoms with Crippen molar-refractivity contribution in [2.45, 2.75) is 12.3 Å². The Balaban J connectivity index is 1.13. The van der Waals surface area contributed by atoms with E-state index in [4.69, 9.17) is 23.8 Å². The van der Waals surface area contributed by atoms with Gasteiger partial charge < -0.3 is 8.83 Å². The van der Waals surface area contributed by atoms with Crippen molar-refractivity contribution in [3.63, 3.8) is 0 Å². The smallest absolute Gasteiger partial charge is 0.164 e. The van der Waals surface area contributed by atoms with Crippen LogP contribution in [0.4, 0.5) is 0 Å². The molecule has 1 atom stereocenters. The largest absolute Gasteiger partial charge is 0.456 e. The summed E-state index contributed by atoms with van der Waals surface area (Å²) in [6.45, 7) is 0. The standard InChI is InChI=1S/C47H29N3O2/c1-3-11-30-25-33(19-17-28(30)9-1)45-48-46(34-20-18-29-10-2-4-12-31(29)26-34)50-47(49-45)39-24-23-35(44-43(39)38-14-6-8-16-41(38)52-44)32-21-22-37-36-13-5-7-15-40(36)51-42(37)27-32/h1-25,27,34H,26H2. The average molecular weight is 668 g/mol. The lowest BCUT2D eigenvalue weighted by Gasteiger charge is -2.19. The van der Waals surface area contributed by atoms with Crippen LogP contribution in [0.3, 0.4) is 0 Å². The first-order valence-corrected chi connectivity index (χ1v) is 17.6. The number of aromatic nitrogens is 3. The second kappa shape index (κ2) is 11.3. The topological polar surface area (TPSA) is 65.0 Å². The van der Waals surface area contributed by atoms with Gasteiger partial charge in [-0.15, -0.1) is 0 Å². The molecule has 10 aromatic rings. The van der Waals surface area contributed by atoms with Gasteiger partial charge in [-0.3, -0.25) is 0 Å². The molecule has 0 N–H and O–H groups in total. The molecule has 0 saturated carbocycles. The summed E-state index contributed by atoms with van der Waals surface area (Å²) in [7, 11) is 0. The maximum absolute atomic E-state index is 6.71. The van der Waals surface area contributed by atoms with Gasteiger partial charge in [0.25, 0.3) is 0 Å². The summed E-state index contributed by atoms with van der Waals surface area (Å²) in [5.74, 6) is 2.02. The molecule has 0 saturated heterocycles. The van der Waals surface area contributed by atoms with E-state index in [0.717, 1.165) is 83.8 Å². The van der Waals surface area contributed by atoms with Crippen LogP contribution in [0.2, 0.25) is 0 Å². The molecule has 5 nitrogen and oxygen atoms in total. The van der Waals surface area contributed by atoms with Crippen LogP contribution >= 0.6 is 0 Å². The molecule has 52 heavy (non-hydrogen) atoms. The number of allylic oxidation sites excluding steroid dienone is 1. The van der Waals surface area contributed by atoms with Gasteiger partial charge >= 0.3 is 0 Å². The number of hydrogen-bond acceptors (Lipinski definition) is 5. The summed E-state index contributed by atoms with van der Waals surface area (Å²) in [4.78, 5) is 15.7. The molecule has 0 bridgehead atoms. The van der Waals surface area contributed by atoms with Gasteiger partial charge in [-0.05, 0) is 76.3 Å². The fourth-order valence-electron chi connectivity index (χ4n) is 7.86. The van der Waals surface area contributed by atoms with Crippen LogP contribution in [0.1, 0.15) is 22.9 Å². The highest BCUT2D eigenvalue weighted by molar-refractivity contribution is 6.16. The van der Waals surface area contributed by atoms with Gasteiger partial charge in [0, 0.05) is 44.2 Å². The highest BCUT2D eigenvalue weighted by Crippen LogP contribution is 2.43. The van der Waals surface area contributed by atoms with Crippen molar-refractivity contribution in [2.75, 3.05) is 0 Å². The quantitative estimate of drug-likeness (QED) is 0.187. The Morgan fingerprint density at radius 2 is 1.21 bits per heavy atom. The highest BCUT2D eigenvalue weighted by Gasteiger charge is 2.24. The summed E-state index contributed by atoms with van der Waals surface area (Å²) in [5, 5.41) is 6.51. The lowest BCUT2D eigenvalue weighted by Crippen LogP contribution is -2.12. The minimum Gasteiger partial charge on any atom is -0.456 e. The molecule has 5 heteroatoms. The predicted octanol–water partition coefficient (Wildman–Crippen LogP) is 12.2. The minimum atomic E-state index is 0.00208. The van der Waals surface area contributed by atoms with Crippen molar-refractivity contribution < 1.29 is 8.83 Å². The van der Waals surface area contributed by atoms with Crippen molar-refractivity contribution in [1.29, 1.82) is 0 Å². The Morgan fingerprint density at radius 3 is 2.13 bits per heavy atom. The monoisotopic (exact) mass is 667 g/mol. The molecule has 0 aliphatic heterocycles. The van der Waals surface area contributed by atoms with Gasteiger partial charge in [0.15, 0.2) is 11.6 Å². The van der Waals surface area contributed by atoms with Crippen LogP contribution in [0.25, 0.3) is 94.6 Å².